The van der Waals surface area contributed by atoms with Gasteiger partial charge in [0.05, 0.1) is 0 Å². The standard InChI is InChI=1S/C22H23NO2/c1-14-7-10-16(11-8-14)23(2)22(25)15-9-12-18-17-5-3-4-6-19(17)21(24)20(18)13-15/h3-6,9,12-14,16H,7-8,10-11H2,1-2H3. The summed E-state index contributed by atoms with van der Waals surface area (Å²) in [5, 5.41) is 0. The van der Waals surface area contributed by atoms with E-state index in [4.69, 9.17) is 0 Å². The van der Waals surface area contributed by atoms with Crippen LogP contribution in [0.4, 0.5) is 0 Å². The third-order valence-corrected chi connectivity index (χ3v) is 5.83. The van der Waals surface area contributed by atoms with Gasteiger partial charge in [-0.15, -0.1) is 0 Å². The Morgan fingerprint density at radius 2 is 1.56 bits per heavy atom. The predicted molar refractivity (Wildman–Crippen MR) is 98.8 cm³/mol. The molecule has 2 aromatic carbocycles. The molecule has 2 aliphatic carbocycles. The highest BCUT2D eigenvalue weighted by atomic mass is 16.2. The smallest absolute Gasteiger partial charge is 0.253 e. The molecule has 1 fully saturated rings. The average Bonchev–Trinajstić information content (AvgIpc) is 2.94. The lowest BCUT2D eigenvalue weighted by atomic mass is 9.86. The molecule has 0 heterocycles. The van der Waals surface area contributed by atoms with Crippen LogP contribution >= 0.6 is 0 Å². The summed E-state index contributed by atoms with van der Waals surface area (Å²) in [5.41, 5.74) is 3.90. The first-order valence-electron chi connectivity index (χ1n) is 9.11. The van der Waals surface area contributed by atoms with E-state index < -0.39 is 0 Å². The normalized spacial score (nSPS) is 21.6. The van der Waals surface area contributed by atoms with Gasteiger partial charge in [-0.1, -0.05) is 37.3 Å². The van der Waals surface area contributed by atoms with Crippen molar-refractivity contribution in [2.75, 3.05) is 7.05 Å². The highest BCUT2D eigenvalue weighted by Gasteiger charge is 2.29. The molecule has 25 heavy (non-hydrogen) atoms. The van der Waals surface area contributed by atoms with Crippen molar-refractivity contribution in [2.24, 2.45) is 5.92 Å². The second kappa shape index (κ2) is 6.14. The van der Waals surface area contributed by atoms with Crippen LogP contribution in [0.25, 0.3) is 11.1 Å². The molecule has 0 saturated heterocycles. The van der Waals surface area contributed by atoms with Crippen LogP contribution in [0.5, 0.6) is 0 Å². The van der Waals surface area contributed by atoms with Crippen LogP contribution < -0.4 is 0 Å². The summed E-state index contributed by atoms with van der Waals surface area (Å²) in [4.78, 5) is 27.4. The Labute approximate surface area is 148 Å². The average molecular weight is 333 g/mol. The van der Waals surface area contributed by atoms with Crippen molar-refractivity contribution in [3.63, 3.8) is 0 Å². The maximum Gasteiger partial charge on any atom is 0.253 e. The lowest BCUT2D eigenvalue weighted by molar-refractivity contribution is 0.0679. The van der Waals surface area contributed by atoms with Gasteiger partial charge in [-0.2, -0.15) is 0 Å². The Hall–Kier alpha value is -2.42. The van der Waals surface area contributed by atoms with E-state index >= 15 is 0 Å². The van der Waals surface area contributed by atoms with E-state index in [2.05, 4.69) is 6.92 Å². The predicted octanol–water partition coefficient (Wildman–Crippen LogP) is 4.55. The molecule has 1 amide bonds. The number of hydrogen-bond acceptors (Lipinski definition) is 2. The van der Waals surface area contributed by atoms with Gasteiger partial charge >= 0.3 is 0 Å². The van der Waals surface area contributed by atoms with Crippen molar-refractivity contribution >= 4 is 11.7 Å². The maximum atomic E-state index is 12.9. The molecule has 2 aromatic rings. The zero-order valence-electron chi connectivity index (χ0n) is 14.8. The minimum Gasteiger partial charge on any atom is -0.339 e. The fraction of sp³-hybridized carbons (Fsp3) is 0.364. The molecular formula is C22H23NO2. The topological polar surface area (TPSA) is 37.4 Å². The summed E-state index contributed by atoms with van der Waals surface area (Å²) in [5.74, 6) is 0.802. The van der Waals surface area contributed by atoms with E-state index in [1.807, 2.05) is 48.3 Å². The summed E-state index contributed by atoms with van der Waals surface area (Å²) in [6.45, 7) is 2.28. The highest BCUT2D eigenvalue weighted by Crippen LogP contribution is 2.37. The first-order chi connectivity index (χ1) is 12.1. The summed E-state index contributed by atoms with van der Waals surface area (Å²) < 4.78 is 0. The maximum absolute atomic E-state index is 12.9. The van der Waals surface area contributed by atoms with Gasteiger partial charge in [0, 0.05) is 29.8 Å². The van der Waals surface area contributed by atoms with Gasteiger partial charge in [0.1, 0.15) is 0 Å². The number of fused-ring (bicyclic) bond motifs is 3. The first-order valence-corrected chi connectivity index (χ1v) is 9.11. The van der Waals surface area contributed by atoms with Gasteiger partial charge in [-0.05, 0) is 54.9 Å². The van der Waals surface area contributed by atoms with Crippen molar-refractivity contribution in [1.29, 1.82) is 0 Å². The molecule has 128 valence electrons. The number of rotatable bonds is 2. The summed E-state index contributed by atoms with van der Waals surface area (Å²) >= 11 is 0. The van der Waals surface area contributed by atoms with E-state index in [-0.39, 0.29) is 11.7 Å². The van der Waals surface area contributed by atoms with Crippen molar-refractivity contribution in [2.45, 2.75) is 38.6 Å². The molecule has 0 unspecified atom stereocenters. The lowest BCUT2D eigenvalue weighted by Crippen LogP contribution is -2.39. The number of hydrogen-bond donors (Lipinski definition) is 0. The van der Waals surface area contributed by atoms with Crippen LogP contribution in [0.1, 0.15) is 58.9 Å². The number of carbonyl (C=O) groups excluding carboxylic acids is 2. The van der Waals surface area contributed by atoms with Crippen LogP contribution in [0.2, 0.25) is 0 Å². The Bertz CT molecular complexity index is 847. The second-order valence-corrected chi connectivity index (χ2v) is 7.46. The molecule has 3 heteroatoms. The molecule has 0 atom stereocenters. The van der Waals surface area contributed by atoms with Gasteiger partial charge in [0.15, 0.2) is 5.78 Å². The molecule has 0 bridgehead atoms. The highest BCUT2D eigenvalue weighted by molar-refractivity contribution is 6.22. The van der Waals surface area contributed by atoms with Crippen molar-refractivity contribution in [1.82, 2.24) is 4.90 Å². The van der Waals surface area contributed by atoms with Gasteiger partial charge < -0.3 is 4.90 Å². The molecule has 0 aromatic heterocycles. The number of benzene rings is 2. The molecule has 3 nitrogen and oxygen atoms in total. The monoisotopic (exact) mass is 333 g/mol. The number of nitrogens with zero attached hydrogens (tertiary/aromatic N) is 1. The summed E-state index contributed by atoms with van der Waals surface area (Å²) in [6.07, 6.45) is 4.50. The van der Waals surface area contributed by atoms with E-state index in [1.165, 1.54) is 12.8 Å². The first kappa shape index (κ1) is 16.1. The Balaban J connectivity index is 1.61. The van der Waals surface area contributed by atoms with Crippen LogP contribution in [-0.4, -0.2) is 29.7 Å². The molecule has 0 N–H and O–H groups in total. The number of carbonyl (C=O) groups is 2. The van der Waals surface area contributed by atoms with Gasteiger partial charge in [0.2, 0.25) is 0 Å². The molecule has 4 rings (SSSR count). The van der Waals surface area contributed by atoms with Crippen molar-refractivity contribution < 1.29 is 9.59 Å². The Morgan fingerprint density at radius 1 is 0.920 bits per heavy atom. The van der Waals surface area contributed by atoms with Crippen LogP contribution in [0.3, 0.4) is 0 Å². The van der Waals surface area contributed by atoms with Crippen LogP contribution in [0, 0.1) is 5.92 Å². The fourth-order valence-electron chi connectivity index (χ4n) is 4.16. The van der Waals surface area contributed by atoms with E-state index in [1.54, 1.807) is 6.07 Å². The van der Waals surface area contributed by atoms with E-state index in [9.17, 15) is 9.59 Å². The van der Waals surface area contributed by atoms with Gasteiger partial charge in [0.25, 0.3) is 5.91 Å². The zero-order valence-corrected chi connectivity index (χ0v) is 14.8. The van der Waals surface area contributed by atoms with Gasteiger partial charge in [-0.3, -0.25) is 9.59 Å². The van der Waals surface area contributed by atoms with Gasteiger partial charge in [-0.25, -0.2) is 0 Å². The van der Waals surface area contributed by atoms with Crippen LogP contribution in [-0.2, 0) is 0 Å². The largest absolute Gasteiger partial charge is 0.339 e. The lowest BCUT2D eigenvalue weighted by Gasteiger charge is -2.33. The third kappa shape index (κ3) is 2.68. The summed E-state index contributed by atoms with van der Waals surface area (Å²) in [6, 6.07) is 13.5. The number of amides is 1. The fourth-order valence-corrected chi connectivity index (χ4v) is 4.16. The van der Waals surface area contributed by atoms with Crippen molar-refractivity contribution in [3.05, 3.63) is 59.2 Å². The number of ketones is 1. The van der Waals surface area contributed by atoms with E-state index in [0.29, 0.717) is 17.2 Å². The molecular weight excluding hydrogens is 310 g/mol. The summed E-state index contributed by atoms with van der Waals surface area (Å²) in [7, 11) is 1.90. The molecule has 0 radical (unpaired) electrons. The van der Waals surface area contributed by atoms with Crippen LogP contribution in [0.15, 0.2) is 42.5 Å². The quantitative estimate of drug-likeness (QED) is 0.690. The van der Waals surface area contributed by atoms with E-state index in [0.717, 1.165) is 35.4 Å². The second-order valence-electron chi connectivity index (χ2n) is 7.46. The zero-order chi connectivity index (χ0) is 17.6. The molecule has 0 aliphatic heterocycles. The molecule has 1 saturated carbocycles. The molecule has 2 aliphatic rings. The minimum atomic E-state index is 0.0195. The Kier molecular flexibility index (Phi) is 3.95. The SMILES string of the molecule is CC1CCC(N(C)C(=O)c2ccc3c(c2)C(=O)c2ccccc2-3)CC1. The molecule has 0 spiro atoms. The Morgan fingerprint density at radius 3 is 2.28 bits per heavy atom. The third-order valence-electron chi connectivity index (χ3n) is 5.83. The van der Waals surface area contributed by atoms with Crippen molar-refractivity contribution in [3.8, 4) is 11.1 Å². The minimum absolute atomic E-state index is 0.0195.